The lowest BCUT2D eigenvalue weighted by molar-refractivity contribution is -0.152. The Labute approximate surface area is 274 Å². The molecule has 1 aromatic heterocycles. The zero-order valence-corrected chi connectivity index (χ0v) is 26.0. The number of nitrogens with one attached hydrogen (secondary N) is 6. The van der Waals surface area contributed by atoms with Crippen LogP contribution in [0.3, 0.4) is 0 Å². The topological polar surface area (TPSA) is 306 Å². The molecule has 0 spiro atoms. The first-order valence-corrected chi connectivity index (χ1v) is 15.0. The standard InChI is InChI=1S/C29H42N8O11/c30-9-3-4-10-31-25(42)21(12-17-13-32-19-7-2-1-6-18(17)19)34-27(44)22(14-38)35-28(45)23(24(41)29(46)47)36-26(43)20(33-15-39)8-5-11-37(48)16-40/h1-2,6-7,13,15-16,20-24,32,38,41,48H,3-5,8-12,14,30H2,(H,31,42)(H,33,39)(H,34,44)(H,35,45)(H,36,43)(H,46,47)/t20-,21-,22-,23+,24+/m0/s1. The highest BCUT2D eigenvalue weighted by Gasteiger charge is 2.37. The number of rotatable bonds is 23. The van der Waals surface area contributed by atoms with E-state index in [0.717, 1.165) is 10.9 Å². The van der Waals surface area contributed by atoms with Gasteiger partial charge in [0.15, 0.2) is 6.10 Å². The van der Waals surface area contributed by atoms with Gasteiger partial charge in [-0.15, -0.1) is 0 Å². The van der Waals surface area contributed by atoms with Gasteiger partial charge in [-0.1, -0.05) is 18.2 Å². The van der Waals surface area contributed by atoms with Crippen molar-refractivity contribution in [2.75, 3.05) is 26.2 Å². The molecule has 1 heterocycles. The number of aromatic amines is 1. The Bertz CT molecular complexity index is 1400. The Hall–Kier alpha value is -5.11. The van der Waals surface area contributed by atoms with Gasteiger partial charge in [-0.2, -0.15) is 0 Å². The largest absolute Gasteiger partial charge is 0.479 e. The number of amides is 6. The number of benzene rings is 1. The van der Waals surface area contributed by atoms with Crippen LogP contribution in [0.1, 0.15) is 31.2 Å². The van der Waals surface area contributed by atoms with Crippen molar-refractivity contribution in [1.82, 2.24) is 36.6 Å². The normalized spacial score (nSPS) is 14.0. The summed E-state index contributed by atoms with van der Waals surface area (Å²) in [5.74, 6) is -6.03. The van der Waals surface area contributed by atoms with E-state index in [1.165, 1.54) is 0 Å². The summed E-state index contributed by atoms with van der Waals surface area (Å²) in [6.07, 6.45) is 0.429. The van der Waals surface area contributed by atoms with E-state index in [-0.39, 0.29) is 50.2 Å². The Morgan fingerprint density at radius 3 is 2.25 bits per heavy atom. The minimum Gasteiger partial charge on any atom is -0.479 e. The SMILES string of the molecule is NCCCCNC(=O)[C@H](Cc1c[nH]c2ccccc12)NC(=O)[C@H](CO)NC(=O)[C@H](NC(=O)[C@H](CCCN(O)C=O)NC=O)[C@@H](O)C(=O)O. The number of aliphatic hydroxyl groups is 2. The van der Waals surface area contributed by atoms with Gasteiger partial charge in [-0.25, -0.2) is 9.86 Å². The Balaban J connectivity index is 2.22. The molecule has 0 aliphatic rings. The number of aliphatic carboxylic acids is 1. The first-order valence-electron chi connectivity index (χ1n) is 15.0. The second kappa shape index (κ2) is 20.2. The molecule has 0 unspecified atom stereocenters. The highest BCUT2D eigenvalue weighted by molar-refractivity contribution is 5.97. The summed E-state index contributed by atoms with van der Waals surface area (Å²) in [5, 5.41) is 51.3. The summed E-state index contributed by atoms with van der Waals surface area (Å²) in [5.41, 5.74) is 6.97. The van der Waals surface area contributed by atoms with Crippen LogP contribution in [0, 0.1) is 0 Å². The third kappa shape index (κ3) is 11.9. The minimum atomic E-state index is -2.54. The molecule has 5 atom stereocenters. The van der Waals surface area contributed by atoms with Gasteiger partial charge in [0.2, 0.25) is 36.4 Å². The highest BCUT2D eigenvalue weighted by Crippen LogP contribution is 2.19. The molecule has 12 N–H and O–H groups in total. The summed E-state index contributed by atoms with van der Waals surface area (Å²) in [6, 6.07) is 0.697. The molecule has 0 saturated heterocycles. The lowest BCUT2D eigenvalue weighted by atomic mass is 10.0. The van der Waals surface area contributed by atoms with Crippen LogP contribution in [0.25, 0.3) is 10.9 Å². The van der Waals surface area contributed by atoms with E-state index >= 15 is 0 Å². The lowest BCUT2D eigenvalue weighted by Gasteiger charge is -2.26. The number of nitrogens with zero attached hydrogens (tertiary/aromatic N) is 1. The lowest BCUT2D eigenvalue weighted by Crippen LogP contribution is -2.62. The van der Waals surface area contributed by atoms with Crippen LogP contribution >= 0.6 is 0 Å². The average molecular weight is 679 g/mol. The molecule has 264 valence electrons. The van der Waals surface area contributed by atoms with E-state index in [1.807, 2.05) is 23.5 Å². The molecule has 48 heavy (non-hydrogen) atoms. The number of unbranched alkanes of at least 4 members (excludes halogenated alkanes) is 1. The van der Waals surface area contributed by atoms with E-state index < -0.39 is 66.5 Å². The van der Waals surface area contributed by atoms with Crippen LogP contribution in [0.2, 0.25) is 0 Å². The predicted octanol–water partition coefficient (Wildman–Crippen LogP) is -3.80. The van der Waals surface area contributed by atoms with Gasteiger partial charge in [0, 0.05) is 36.6 Å². The monoisotopic (exact) mass is 678 g/mol. The summed E-state index contributed by atoms with van der Waals surface area (Å²) in [4.78, 5) is 88.7. The Morgan fingerprint density at radius 1 is 0.917 bits per heavy atom. The maximum atomic E-state index is 13.3. The molecule has 0 bridgehead atoms. The highest BCUT2D eigenvalue weighted by atomic mass is 16.5. The van der Waals surface area contributed by atoms with Crippen LogP contribution in [-0.4, -0.2) is 130 Å². The molecule has 0 aliphatic heterocycles. The molecule has 1 aromatic carbocycles. The van der Waals surface area contributed by atoms with Crippen molar-refractivity contribution in [3.63, 3.8) is 0 Å². The van der Waals surface area contributed by atoms with Gasteiger partial charge in [-0.05, 0) is 43.9 Å². The van der Waals surface area contributed by atoms with Gasteiger partial charge in [0.25, 0.3) is 0 Å². The summed E-state index contributed by atoms with van der Waals surface area (Å²) in [7, 11) is 0. The number of carboxylic acid groups (broad SMARTS) is 1. The fourth-order valence-electron chi connectivity index (χ4n) is 4.63. The van der Waals surface area contributed by atoms with Gasteiger partial charge in [-0.3, -0.25) is 34.0 Å². The van der Waals surface area contributed by atoms with Gasteiger partial charge < -0.3 is 52.6 Å². The van der Waals surface area contributed by atoms with Crippen LogP contribution in [0.5, 0.6) is 0 Å². The molecule has 19 nitrogen and oxygen atoms in total. The molecule has 0 fully saturated rings. The number of hydroxylamine groups is 2. The van der Waals surface area contributed by atoms with E-state index in [1.54, 1.807) is 12.3 Å². The zero-order valence-electron chi connectivity index (χ0n) is 26.0. The molecule has 6 amide bonds. The average Bonchev–Trinajstić information content (AvgIpc) is 3.48. The van der Waals surface area contributed by atoms with E-state index in [2.05, 4.69) is 26.3 Å². The fraction of sp³-hybridized carbons (Fsp3) is 0.483. The van der Waals surface area contributed by atoms with Gasteiger partial charge in [0.1, 0.15) is 24.2 Å². The number of aromatic nitrogens is 1. The van der Waals surface area contributed by atoms with E-state index in [4.69, 9.17) is 5.73 Å². The molecule has 19 heteroatoms. The second-order valence-corrected chi connectivity index (χ2v) is 10.7. The first-order chi connectivity index (χ1) is 23.0. The maximum absolute atomic E-state index is 13.3. The number of carbonyl (C=O) groups excluding carboxylic acids is 6. The molecule has 0 aliphatic carbocycles. The number of carbonyl (C=O) groups is 7. The van der Waals surface area contributed by atoms with Crippen molar-refractivity contribution in [1.29, 1.82) is 0 Å². The van der Waals surface area contributed by atoms with Crippen LogP contribution in [0.4, 0.5) is 0 Å². The number of hydrogen-bond donors (Lipinski definition) is 11. The first kappa shape index (κ1) is 39.1. The van der Waals surface area contributed by atoms with Crippen molar-refractivity contribution < 1.29 is 54.1 Å². The number of hydrogen-bond acceptors (Lipinski definition) is 11. The zero-order chi connectivity index (χ0) is 35.6. The minimum absolute atomic E-state index is 0.00694. The van der Waals surface area contributed by atoms with Crippen molar-refractivity contribution in [2.24, 2.45) is 5.73 Å². The van der Waals surface area contributed by atoms with E-state index in [0.29, 0.717) is 24.9 Å². The maximum Gasteiger partial charge on any atom is 0.335 e. The van der Waals surface area contributed by atoms with Crippen molar-refractivity contribution >= 4 is 53.3 Å². The fourth-order valence-corrected chi connectivity index (χ4v) is 4.63. The van der Waals surface area contributed by atoms with Crippen LogP contribution in [-0.2, 0) is 40.0 Å². The van der Waals surface area contributed by atoms with Crippen molar-refractivity contribution in [3.8, 4) is 0 Å². The number of H-pyrrole nitrogens is 1. The summed E-state index contributed by atoms with van der Waals surface area (Å²) < 4.78 is 0. The quantitative estimate of drug-likeness (QED) is 0.0233. The number of fused-ring (bicyclic) bond motifs is 1. The molecule has 0 saturated carbocycles. The van der Waals surface area contributed by atoms with Crippen LogP contribution in [0.15, 0.2) is 30.5 Å². The Morgan fingerprint density at radius 2 is 1.60 bits per heavy atom. The summed E-state index contributed by atoms with van der Waals surface area (Å²) in [6.45, 7) is -0.571. The number of carboxylic acids is 1. The van der Waals surface area contributed by atoms with Crippen molar-refractivity contribution in [3.05, 3.63) is 36.0 Å². The van der Waals surface area contributed by atoms with E-state index in [9.17, 15) is 54.1 Å². The van der Waals surface area contributed by atoms with Crippen molar-refractivity contribution in [2.45, 2.75) is 62.4 Å². The Kier molecular flexibility index (Phi) is 16.4. The number of nitrogens with two attached hydrogens (primary N) is 1. The third-order valence-electron chi connectivity index (χ3n) is 7.21. The molecule has 0 radical (unpaired) electrons. The summed E-state index contributed by atoms with van der Waals surface area (Å²) >= 11 is 0. The second-order valence-electron chi connectivity index (χ2n) is 10.7. The molecule has 2 rings (SSSR count). The third-order valence-corrected chi connectivity index (χ3v) is 7.21. The predicted molar refractivity (Wildman–Crippen MR) is 167 cm³/mol. The smallest absolute Gasteiger partial charge is 0.335 e. The number of aliphatic hydroxyl groups excluding tert-OH is 2. The molecule has 2 aromatic rings. The van der Waals surface area contributed by atoms with Crippen LogP contribution < -0.4 is 32.3 Å². The number of para-hydroxylation sites is 1. The van der Waals surface area contributed by atoms with Gasteiger partial charge in [0.05, 0.1) is 6.61 Å². The van der Waals surface area contributed by atoms with Gasteiger partial charge >= 0.3 is 5.97 Å². The molecular formula is C29H42N8O11. The molecular weight excluding hydrogens is 636 g/mol.